The molecule has 1 amide bonds. The lowest BCUT2D eigenvalue weighted by Gasteiger charge is -2.27. The molecule has 20 heavy (non-hydrogen) atoms. The number of amides is 1. The second-order valence-corrected chi connectivity index (χ2v) is 4.71. The Bertz CT molecular complexity index is 260. The van der Waals surface area contributed by atoms with Crippen LogP contribution in [0.3, 0.4) is 0 Å². The molecule has 2 fully saturated rings. The average molecular weight is 330 g/mol. The van der Waals surface area contributed by atoms with Crippen LogP contribution in [0.2, 0.25) is 0 Å². The third-order valence-corrected chi connectivity index (χ3v) is 3.27. The van der Waals surface area contributed by atoms with Crippen LogP contribution in [0.5, 0.6) is 0 Å². The molecule has 2 rings (SSSR count). The smallest absolute Gasteiger partial charge is 0.222 e. The van der Waals surface area contributed by atoms with Gasteiger partial charge in [-0.05, 0) is 0 Å². The first-order valence-electron chi connectivity index (χ1n) is 6.74. The number of carbonyl (C=O) groups excluding carboxylic acids is 1. The number of nitrogens with zero attached hydrogens (tertiary/aromatic N) is 1. The quantitative estimate of drug-likeness (QED) is 0.722. The molecule has 2 heterocycles. The van der Waals surface area contributed by atoms with Gasteiger partial charge in [0.15, 0.2) is 0 Å². The molecule has 0 aromatic rings. The maximum absolute atomic E-state index is 11.7. The highest BCUT2D eigenvalue weighted by atomic mass is 35.5. The van der Waals surface area contributed by atoms with Gasteiger partial charge < -0.3 is 20.1 Å². The minimum absolute atomic E-state index is 0. The average Bonchev–Trinajstić information content (AvgIpc) is 2.41. The molecule has 1 unspecified atom stereocenters. The van der Waals surface area contributed by atoms with Crippen LogP contribution in [0, 0.1) is 0 Å². The highest BCUT2D eigenvalue weighted by Crippen LogP contribution is 2.01. The van der Waals surface area contributed by atoms with Crippen molar-refractivity contribution >= 4 is 30.7 Å². The first-order valence-corrected chi connectivity index (χ1v) is 6.74. The molecule has 2 N–H and O–H groups in total. The van der Waals surface area contributed by atoms with E-state index >= 15 is 0 Å². The predicted octanol–water partition coefficient (Wildman–Crippen LogP) is -0.343. The van der Waals surface area contributed by atoms with Crippen LogP contribution in [0.4, 0.5) is 0 Å². The summed E-state index contributed by atoms with van der Waals surface area (Å²) in [5.41, 5.74) is 0. The van der Waals surface area contributed by atoms with Crippen LogP contribution >= 0.6 is 24.8 Å². The lowest BCUT2D eigenvalue weighted by Crippen LogP contribution is -2.44. The monoisotopic (exact) mass is 329 g/mol. The summed E-state index contributed by atoms with van der Waals surface area (Å²) in [6.07, 6.45) is 0.484. The Labute approximate surface area is 132 Å². The van der Waals surface area contributed by atoms with Crippen LogP contribution in [0.15, 0.2) is 0 Å². The third-order valence-electron chi connectivity index (χ3n) is 3.27. The molecule has 2 aliphatic rings. The summed E-state index contributed by atoms with van der Waals surface area (Å²) in [4.78, 5) is 14.0. The van der Waals surface area contributed by atoms with Crippen molar-refractivity contribution < 1.29 is 14.3 Å². The summed E-state index contributed by atoms with van der Waals surface area (Å²) in [5.74, 6) is 0.0805. The standard InChI is InChI=1S/C12H23N3O3.2ClH/c16-12(9-11-10-13-2-6-18-11)14-1-3-15-4-7-17-8-5-15;;/h11,13H,1-10H2,(H,14,16);2*1H. The van der Waals surface area contributed by atoms with Gasteiger partial charge in [0.2, 0.25) is 5.91 Å². The van der Waals surface area contributed by atoms with Gasteiger partial charge in [-0.25, -0.2) is 0 Å². The first kappa shape index (κ1) is 19.9. The highest BCUT2D eigenvalue weighted by Gasteiger charge is 2.17. The molecule has 0 aromatic heterocycles. The van der Waals surface area contributed by atoms with E-state index in [4.69, 9.17) is 9.47 Å². The van der Waals surface area contributed by atoms with Crippen molar-refractivity contribution in [3.63, 3.8) is 0 Å². The van der Waals surface area contributed by atoms with E-state index in [0.717, 1.165) is 45.9 Å². The first-order chi connectivity index (χ1) is 8.84. The van der Waals surface area contributed by atoms with E-state index < -0.39 is 0 Å². The molecule has 0 radical (unpaired) electrons. The number of hydrogen-bond acceptors (Lipinski definition) is 5. The number of ether oxygens (including phenoxy) is 2. The van der Waals surface area contributed by atoms with Crippen LogP contribution in [-0.4, -0.2) is 76.0 Å². The summed E-state index contributed by atoms with van der Waals surface area (Å²) in [6, 6.07) is 0. The molecule has 0 aliphatic carbocycles. The van der Waals surface area contributed by atoms with Gasteiger partial charge in [-0.2, -0.15) is 0 Å². The van der Waals surface area contributed by atoms with Gasteiger partial charge in [-0.15, -0.1) is 24.8 Å². The lowest BCUT2D eigenvalue weighted by atomic mass is 10.2. The topological polar surface area (TPSA) is 62.8 Å². The van der Waals surface area contributed by atoms with Gasteiger partial charge in [-0.3, -0.25) is 9.69 Å². The highest BCUT2D eigenvalue weighted by molar-refractivity contribution is 5.85. The van der Waals surface area contributed by atoms with E-state index in [-0.39, 0.29) is 36.8 Å². The minimum Gasteiger partial charge on any atom is -0.379 e. The van der Waals surface area contributed by atoms with Crippen LogP contribution in [0.1, 0.15) is 6.42 Å². The molecule has 2 aliphatic heterocycles. The third kappa shape index (κ3) is 7.61. The Morgan fingerprint density at radius 3 is 2.65 bits per heavy atom. The number of carbonyl (C=O) groups is 1. The van der Waals surface area contributed by atoms with Crippen molar-refractivity contribution in [1.82, 2.24) is 15.5 Å². The van der Waals surface area contributed by atoms with E-state index in [1.807, 2.05) is 0 Å². The van der Waals surface area contributed by atoms with Crippen molar-refractivity contribution in [1.29, 1.82) is 0 Å². The van der Waals surface area contributed by atoms with Crippen molar-refractivity contribution in [2.24, 2.45) is 0 Å². The summed E-state index contributed by atoms with van der Waals surface area (Å²) < 4.78 is 10.8. The number of nitrogens with one attached hydrogen (secondary N) is 2. The zero-order valence-corrected chi connectivity index (χ0v) is 13.3. The number of rotatable bonds is 5. The minimum atomic E-state index is 0. The zero-order chi connectivity index (χ0) is 12.6. The molecule has 0 spiro atoms. The molecule has 0 bridgehead atoms. The fourth-order valence-electron chi connectivity index (χ4n) is 2.21. The summed E-state index contributed by atoms with van der Waals surface area (Å²) in [5, 5.41) is 6.17. The van der Waals surface area contributed by atoms with Crippen molar-refractivity contribution in [2.45, 2.75) is 12.5 Å². The Kier molecular flexibility index (Phi) is 11.5. The SMILES string of the molecule is Cl.Cl.O=C(CC1CNCCO1)NCCN1CCOCC1. The maximum atomic E-state index is 11.7. The zero-order valence-electron chi connectivity index (χ0n) is 11.6. The molecular formula is C12H25Cl2N3O3. The van der Waals surface area contributed by atoms with Crippen LogP contribution in [-0.2, 0) is 14.3 Å². The number of morpholine rings is 2. The fourth-order valence-corrected chi connectivity index (χ4v) is 2.21. The lowest BCUT2D eigenvalue weighted by molar-refractivity contribution is -0.124. The van der Waals surface area contributed by atoms with E-state index in [0.29, 0.717) is 19.6 Å². The van der Waals surface area contributed by atoms with Gasteiger partial charge in [0.1, 0.15) is 0 Å². The van der Waals surface area contributed by atoms with E-state index in [9.17, 15) is 4.79 Å². The number of halogens is 2. The normalized spacial score (nSPS) is 23.3. The molecule has 120 valence electrons. The maximum Gasteiger partial charge on any atom is 0.222 e. The van der Waals surface area contributed by atoms with Gasteiger partial charge in [0.05, 0.1) is 32.3 Å². The molecule has 8 heteroatoms. The largest absolute Gasteiger partial charge is 0.379 e. The second-order valence-electron chi connectivity index (χ2n) is 4.71. The molecule has 1 atom stereocenters. The predicted molar refractivity (Wildman–Crippen MR) is 82.0 cm³/mol. The molecule has 0 saturated carbocycles. The summed E-state index contributed by atoms with van der Waals surface area (Å²) in [7, 11) is 0. The van der Waals surface area contributed by atoms with Crippen molar-refractivity contribution in [3.8, 4) is 0 Å². The van der Waals surface area contributed by atoms with Gasteiger partial charge in [0.25, 0.3) is 0 Å². The van der Waals surface area contributed by atoms with E-state index in [1.54, 1.807) is 0 Å². The summed E-state index contributed by atoms with van der Waals surface area (Å²) in [6.45, 7) is 7.50. The van der Waals surface area contributed by atoms with Gasteiger partial charge >= 0.3 is 0 Å². The molecule has 6 nitrogen and oxygen atoms in total. The van der Waals surface area contributed by atoms with Crippen molar-refractivity contribution in [3.05, 3.63) is 0 Å². The molecule has 2 saturated heterocycles. The molecular weight excluding hydrogens is 305 g/mol. The van der Waals surface area contributed by atoms with Crippen LogP contribution < -0.4 is 10.6 Å². The van der Waals surface area contributed by atoms with Gasteiger partial charge in [0, 0.05) is 39.3 Å². The second kappa shape index (κ2) is 11.5. The van der Waals surface area contributed by atoms with Gasteiger partial charge in [-0.1, -0.05) is 0 Å². The van der Waals surface area contributed by atoms with E-state index in [2.05, 4.69) is 15.5 Å². The fraction of sp³-hybridized carbons (Fsp3) is 0.917. The Hall–Kier alpha value is -0.110. The Balaban J connectivity index is 0.00000180. The number of hydrogen-bond donors (Lipinski definition) is 2. The molecule has 0 aromatic carbocycles. The summed E-state index contributed by atoms with van der Waals surface area (Å²) >= 11 is 0. The van der Waals surface area contributed by atoms with E-state index in [1.165, 1.54) is 0 Å². The Morgan fingerprint density at radius 2 is 2.00 bits per heavy atom. The Morgan fingerprint density at radius 1 is 1.25 bits per heavy atom. The van der Waals surface area contributed by atoms with Crippen LogP contribution in [0.25, 0.3) is 0 Å². The van der Waals surface area contributed by atoms with Crippen molar-refractivity contribution in [2.75, 3.05) is 59.1 Å².